The summed E-state index contributed by atoms with van der Waals surface area (Å²) in [6, 6.07) is 16.0. The van der Waals surface area contributed by atoms with Gasteiger partial charge in [-0.1, -0.05) is 30.3 Å². The fourth-order valence-electron chi connectivity index (χ4n) is 2.71. The Morgan fingerprint density at radius 3 is 2.67 bits per heavy atom. The fourth-order valence-corrected chi connectivity index (χ4v) is 2.71. The predicted octanol–water partition coefficient (Wildman–Crippen LogP) is 3.43. The molecule has 1 aromatic carbocycles. The quantitative estimate of drug-likeness (QED) is 0.783. The minimum absolute atomic E-state index is 0.546. The maximum absolute atomic E-state index is 9.15. The van der Waals surface area contributed by atoms with E-state index < -0.39 is 0 Å². The zero-order valence-corrected chi connectivity index (χ0v) is 13.8. The van der Waals surface area contributed by atoms with Gasteiger partial charge >= 0.3 is 0 Å². The highest BCUT2D eigenvalue weighted by molar-refractivity contribution is 5.51. The van der Waals surface area contributed by atoms with Crippen LogP contribution in [0, 0.1) is 25.2 Å². The van der Waals surface area contributed by atoms with Crippen molar-refractivity contribution < 1.29 is 0 Å². The second-order valence-corrected chi connectivity index (χ2v) is 5.66. The second-order valence-electron chi connectivity index (χ2n) is 5.66. The van der Waals surface area contributed by atoms with E-state index in [2.05, 4.69) is 40.5 Å². The van der Waals surface area contributed by atoms with Crippen molar-refractivity contribution in [3.05, 3.63) is 76.7 Å². The third-order valence-electron chi connectivity index (χ3n) is 4.07. The molecule has 3 rings (SSSR count). The summed E-state index contributed by atoms with van der Waals surface area (Å²) in [5.41, 5.74) is 5.02. The summed E-state index contributed by atoms with van der Waals surface area (Å²) in [5.74, 6) is 0.606. The van der Waals surface area contributed by atoms with Gasteiger partial charge in [-0.3, -0.25) is 4.68 Å². The third kappa shape index (κ3) is 3.28. The molecule has 5 nitrogen and oxygen atoms in total. The highest BCUT2D eigenvalue weighted by atomic mass is 15.3. The molecule has 0 atom stereocenters. The number of aryl methyl sites for hydroxylation is 1. The first kappa shape index (κ1) is 15.8. The molecule has 0 spiro atoms. The van der Waals surface area contributed by atoms with Crippen molar-refractivity contribution in [1.82, 2.24) is 14.8 Å². The fraction of sp³-hybridized carbons (Fsp3) is 0.211. The molecule has 0 saturated heterocycles. The van der Waals surface area contributed by atoms with Gasteiger partial charge in [0, 0.05) is 24.0 Å². The molecule has 2 heterocycles. The van der Waals surface area contributed by atoms with Crippen molar-refractivity contribution in [2.24, 2.45) is 0 Å². The molecule has 3 aromatic rings. The minimum Gasteiger partial charge on any atom is -0.365 e. The van der Waals surface area contributed by atoms with Crippen LogP contribution in [0.15, 0.2) is 48.7 Å². The van der Waals surface area contributed by atoms with Gasteiger partial charge in [-0.25, -0.2) is 4.98 Å². The SMILES string of the molecule is Cc1nn(Cc2ccccc2)c(C)c1CNc1ncccc1C#N. The van der Waals surface area contributed by atoms with E-state index in [0.717, 1.165) is 23.5 Å². The van der Waals surface area contributed by atoms with Gasteiger partial charge in [-0.2, -0.15) is 10.4 Å². The first-order valence-corrected chi connectivity index (χ1v) is 7.85. The monoisotopic (exact) mass is 317 g/mol. The minimum atomic E-state index is 0.546. The van der Waals surface area contributed by atoms with E-state index in [-0.39, 0.29) is 0 Å². The molecule has 0 unspecified atom stereocenters. The van der Waals surface area contributed by atoms with E-state index in [1.165, 1.54) is 5.56 Å². The summed E-state index contributed by atoms with van der Waals surface area (Å²) < 4.78 is 2.02. The predicted molar refractivity (Wildman–Crippen MR) is 93.5 cm³/mol. The van der Waals surface area contributed by atoms with Gasteiger partial charge < -0.3 is 5.32 Å². The number of nitrogens with one attached hydrogen (secondary N) is 1. The van der Waals surface area contributed by atoms with Crippen LogP contribution in [0.25, 0.3) is 0 Å². The van der Waals surface area contributed by atoms with Crippen LogP contribution < -0.4 is 5.32 Å². The Morgan fingerprint density at radius 2 is 1.92 bits per heavy atom. The molecule has 0 aliphatic heterocycles. The first-order chi connectivity index (χ1) is 11.7. The van der Waals surface area contributed by atoms with Gasteiger partial charge in [0.2, 0.25) is 0 Å². The highest BCUT2D eigenvalue weighted by Gasteiger charge is 2.12. The average Bonchev–Trinajstić information content (AvgIpc) is 2.87. The van der Waals surface area contributed by atoms with E-state index >= 15 is 0 Å². The molecule has 0 bridgehead atoms. The number of rotatable bonds is 5. The molecule has 2 aromatic heterocycles. The number of aromatic nitrogens is 3. The lowest BCUT2D eigenvalue weighted by Gasteiger charge is -2.08. The number of nitriles is 1. The Kier molecular flexibility index (Phi) is 4.57. The van der Waals surface area contributed by atoms with E-state index in [9.17, 15) is 0 Å². The lowest BCUT2D eigenvalue weighted by Crippen LogP contribution is -2.07. The third-order valence-corrected chi connectivity index (χ3v) is 4.07. The van der Waals surface area contributed by atoms with Crippen LogP contribution >= 0.6 is 0 Å². The highest BCUT2D eigenvalue weighted by Crippen LogP contribution is 2.17. The van der Waals surface area contributed by atoms with Gasteiger partial charge in [0.1, 0.15) is 11.9 Å². The Bertz CT molecular complexity index is 875. The van der Waals surface area contributed by atoms with Crippen LogP contribution in [0.2, 0.25) is 0 Å². The average molecular weight is 317 g/mol. The topological polar surface area (TPSA) is 66.5 Å². The van der Waals surface area contributed by atoms with Crippen LogP contribution in [0.3, 0.4) is 0 Å². The molecule has 1 N–H and O–H groups in total. The zero-order chi connectivity index (χ0) is 16.9. The van der Waals surface area contributed by atoms with E-state index in [0.29, 0.717) is 17.9 Å². The van der Waals surface area contributed by atoms with E-state index in [1.807, 2.05) is 29.8 Å². The second kappa shape index (κ2) is 6.97. The summed E-state index contributed by atoms with van der Waals surface area (Å²) in [6.45, 7) is 5.43. The molecule has 120 valence electrons. The molecule has 0 fully saturated rings. The molecule has 0 aliphatic carbocycles. The van der Waals surface area contributed by atoms with Crippen molar-refractivity contribution in [3.8, 4) is 6.07 Å². The van der Waals surface area contributed by atoms with Crippen molar-refractivity contribution in [3.63, 3.8) is 0 Å². The van der Waals surface area contributed by atoms with Crippen LogP contribution in [0.5, 0.6) is 0 Å². The molecule has 24 heavy (non-hydrogen) atoms. The Morgan fingerprint density at radius 1 is 1.12 bits per heavy atom. The standard InChI is InChI=1S/C19H19N5/c1-14-18(12-22-19-17(11-20)9-6-10-21-19)15(2)24(23-14)13-16-7-4-3-5-8-16/h3-10H,12-13H2,1-2H3,(H,21,22). The summed E-state index contributed by atoms with van der Waals surface area (Å²) in [5, 5.41) is 17.1. The molecular formula is C19H19N5. The normalized spacial score (nSPS) is 10.4. The number of benzene rings is 1. The number of anilines is 1. The molecule has 0 saturated carbocycles. The molecule has 0 amide bonds. The first-order valence-electron chi connectivity index (χ1n) is 7.85. The zero-order valence-electron chi connectivity index (χ0n) is 13.8. The van der Waals surface area contributed by atoms with E-state index in [1.54, 1.807) is 18.3 Å². The lowest BCUT2D eigenvalue weighted by atomic mass is 10.2. The Balaban J connectivity index is 1.78. The summed E-state index contributed by atoms with van der Waals surface area (Å²) in [4.78, 5) is 4.24. The number of hydrogen-bond donors (Lipinski definition) is 1. The summed E-state index contributed by atoms with van der Waals surface area (Å²) in [6.07, 6.45) is 1.68. The molecule has 0 radical (unpaired) electrons. The lowest BCUT2D eigenvalue weighted by molar-refractivity contribution is 0.658. The summed E-state index contributed by atoms with van der Waals surface area (Å²) in [7, 11) is 0. The molecular weight excluding hydrogens is 298 g/mol. The largest absolute Gasteiger partial charge is 0.365 e. The summed E-state index contributed by atoms with van der Waals surface area (Å²) >= 11 is 0. The number of hydrogen-bond acceptors (Lipinski definition) is 4. The van der Waals surface area contributed by atoms with Gasteiger partial charge in [0.05, 0.1) is 17.8 Å². The van der Waals surface area contributed by atoms with Gasteiger partial charge in [-0.15, -0.1) is 0 Å². The van der Waals surface area contributed by atoms with Crippen molar-refractivity contribution in [2.45, 2.75) is 26.9 Å². The van der Waals surface area contributed by atoms with E-state index in [4.69, 9.17) is 5.26 Å². The van der Waals surface area contributed by atoms with Crippen LogP contribution in [0.1, 0.15) is 28.1 Å². The van der Waals surface area contributed by atoms with Crippen LogP contribution in [-0.2, 0) is 13.1 Å². The molecule has 5 heteroatoms. The van der Waals surface area contributed by atoms with Crippen LogP contribution in [0.4, 0.5) is 5.82 Å². The van der Waals surface area contributed by atoms with Crippen molar-refractivity contribution in [1.29, 1.82) is 5.26 Å². The smallest absolute Gasteiger partial charge is 0.144 e. The molecule has 0 aliphatic rings. The van der Waals surface area contributed by atoms with Crippen LogP contribution in [-0.4, -0.2) is 14.8 Å². The number of pyridine rings is 1. The van der Waals surface area contributed by atoms with Gasteiger partial charge in [0.25, 0.3) is 0 Å². The number of nitrogens with zero attached hydrogens (tertiary/aromatic N) is 4. The van der Waals surface area contributed by atoms with Gasteiger partial charge in [-0.05, 0) is 31.5 Å². The maximum atomic E-state index is 9.15. The van der Waals surface area contributed by atoms with Crippen molar-refractivity contribution in [2.75, 3.05) is 5.32 Å². The van der Waals surface area contributed by atoms with Crippen molar-refractivity contribution >= 4 is 5.82 Å². The maximum Gasteiger partial charge on any atom is 0.144 e. The Labute approximate surface area is 141 Å². The van der Waals surface area contributed by atoms with Gasteiger partial charge in [0.15, 0.2) is 0 Å². The Hall–Kier alpha value is -3.13.